The Morgan fingerprint density at radius 2 is 1.89 bits per heavy atom. The van der Waals surface area contributed by atoms with Crippen molar-refractivity contribution in [1.29, 1.82) is 0 Å². The van der Waals surface area contributed by atoms with E-state index in [1.54, 1.807) is 0 Å². The predicted octanol–water partition coefficient (Wildman–Crippen LogP) is 4.62. The van der Waals surface area contributed by atoms with Gasteiger partial charge in [0.15, 0.2) is 0 Å². The van der Waals surface area contributed by atoms with Crippen LogP contribution < -0.4 is 4.90 Å². The van der Waals surface area contributed by atoms with Crippen LogP contribution in [-0.2, 0) is 29.6 Å². The Kier molecular flexibility index (Phi) is 7.24. The predicted molar refractivity (Wildman–Crippen MR) is 136 cm³/mol. The van der Waals surface area contributed by atoms with Crippen LogP contribution in [0, 0.1) is 5.92 Å². The van der Waals surface area contributed by atoms with E-state index in [1.807, 2.05) is 36.2 Å². The number of aromatic nitrogens is 1. The summed E-state index contributed by atoms with van der Waals surface area (Å²) in [6.45, 7) is 4.98. The molecule has 0 aliphatic carbocycles. The molecule has 0 fully saturated rings. The molecule has 2 amide bonds. The number of nitrogens with zero attached hydrogens (tertiary/aromatic N) is 3. The van der Waals surface area contributed by atoms with Gasteiger partial charge in [0.05, 0.1) is 17.8 Å². The Balaban J connectivity index is 1.71. The summed E-state index contributed by atoms with van der Waals surface area (Å²) in [4.78, 5) is 41.0. The first-order valence-corrected chi connectivity index (χ1v) is 12.2. The van der Waals surface area contributed by atoms with E-state index in [0.29, 0.717) is 18.0 Å². The van der Waals surface area contributed by atoms with E-state index in [0.717, 1.165) is 40.6 Å². The largest absolute Gasteiger partial charge is 0.481 e. The molecule has 1 aromatic heterocycles. The molecule has 1 aliphatic heterocycles. The average Bonchev–Trinajstić information content (AvgIpc) is 3.10. The molecule has 0 radical (unpaired) electrons. The number of rotatable bonds is 9. The Morgan fingerprint density at radius 3 is 2.63 bits per heavy atom. The van der Waals surface area contributed by atoms with Crippen molar-refractivity contribution < 1.29 is 19.5 Å². The second-order valence-electron chi connectivity index (χ2n) is 9.77. The van der Waals surface area contributed by atoms with Crippen molar-refractivity contribution in [3.63, 3.8) is 0 Å². The number of carboxylic acid groups (broad SMARTS) is 1. The fourth-order valence-electron chi connectivity index (χ4n) is 4.75. The molecule has 184 valence electrons. The lowest BCUT2D eigenvalue weighted by Gasteiger charge is -2.24. The fraction of sp³-hybridized carbons (Fsp3) is 0.393. The highest BCUT2D eigenvalue weighted by atomic mass is 16.4. The van der Waals surface area contributed by atoms with E-state index in [1.165, 1.54) is 4.90 Å². The lowest BCUT2D eigenvalue weighted by Crippen LogP contribution is -2.40. The summed E-state index contributed by atoms with van der Waals surface area (Å²) >= 11 is 0. The van der Waals surface area contributed by atoms with Crippen LogP contribution in [0.2, 0.25) is 0 Å². The Bertz CT molecular complexity index is 1260. The first-order valence-electron chi connectivity index (χ1n) is 12.2. The van der Waals surface area contributed by atoms with Crippen LogP contribution in [0.3, 0.4) is 0 Å². The van der Waals surface area contributed by atoms with Crippen LogP contribution in [0.25, 0.3) is 10.9 Å². The topological polar surface area (TPSA) is 82.8 Å². The van der Waals surface area contributed by atoms with Gasteiger partial charge in [-0.05, 0) is 54.5 Å². The van der Waals surface area contributed by atoms with E-state index < -0.39 is 5.97 Å². The summed E-state index contributed by atoms with van der Waals surface area (Å²) in [5.41, 5.74) is 4.51. The van der Waals surface area contributed by atoms with Gasteiger partial charge >= 0.3 is 5.97 Å². The monoisotopic (exact) mass is 475 g/mol. The van der Waals surface area contributed by atoms with Gasteiger partial charge in [-0.25, -0.2) is 0 Å². The Labute approximate surface area is 205 Å². The third kappa shape index (κ3) is 5.39. The summed E-state index contributed by atoms with van der Waals surface area (Å²) in [6.07, 6.45) is 4.09. The quantitative estimate of drug-likeness (QED) is 0.457. The van der Waals surface area contributed by atoms with E-state index in [-0.39, 0.29) is 37.7 Å². The van der Waals surface area contributed by atoms with Gasteiger partial charge in [0, 0.05) is 43.7 Å². The number of hydrogen-bond donors (Lipinski definition) is 1. The van der Waals surface area contributed by atoms with E-state index in [9.17, 15) is 14.4 Å². The number of anilines is 1. The van der Waals surface area contributed by atoms with Gasteiger partial charge in [-0.1, -0.05) is 38.1 Å². The van der Waals surface area contributed by atoms with Crippen molar-refractivity contribution in [2.75, 3.05) is 18.0 Å². The molecule has 1 aliphatic rings. The number of imide groups is 1. The Morgan fingerprint density at radius 1 is 1.11 bits per heavy atom. The van der Waals surface area contributed by atoms with Crippen molar-refractivity contribution >= 4 is 34.4 Å². The summed E-state index contributed by atoms with van der Waals surface area (Å²) in [6, 6.07) is 14.1. The number of carbonyl (C=O) groups excluding carboxylic acids is 2. The molecule has 3 aromatic rings. The normalized spacial score (nSPS) is 14.1. The number of benzene rings is 2. The maximum atomic E-state index is 13.6. The minimum absolute atomic E-state index is 0.0559. The third-order valence-electron chi connectivity index (χ3n) is 6.63. The molecule has 7 heteroatoms. The molecule has 1 N–H and O–H groups in total. The van der Waals surface area contributed by atoms with Crippen LogP contribution in [0.15, 0.2) is 48.7 Å². The maximum Gasteiger partial charge on any atom is 0.303 e. The second kappa shape index (κ2) is 10.3. The van der Waals surface area contributed by atoms with Crippen molar-refractivity contribution in [2.45, 2.75) is 46.1 Å². The number of para-hydroxylation sites is 1. The first-order chi connectivity index (χ1) is 16.7. The smallest absolute Gasteiger partial charge is 0.303 e. The summed E-state index contributed by atoms with van der Waals surface area (Å²) in [5.74, 6) is -1.04. The van der Waals surface area contributed by atoms with E-state index in [4.69, 9.17) is 5.11 Å². The van der Waals surface area contributed by atoms with Crippen molar-refractivity contribution in [3.05, 3.63) is 65.4 Å². The number of fused-ring (bicyclic) bond motifs is 2. The molecule has 0 unspecified atom stereocenters. The standard InChI is InChI=1S/C28H33N3O4/c1-19(2)10-11-20-12-13-25-23(15-20)28(35)31(14-6-9-27(33)34)26(32)18-30(25)17-21-16-29(3)24-8-5-4-7-22(21)24/h4-5,7-8,12-13,15-16,19H,6,9-11,14,17-18H2,1-3H3,(H,33,34). The molecule has 7 nitrogen and oxygen atoms in total. The van der Waals surface area contributed by atoms with Gasteiger partial charge in [-0.3, -0.25) is 19.3 Å². The molecule has 2 heterocycles. The van der Waals surface area contributed by atoms with Crippen molar-refractivity contribution in [3.8, 4) is 0 Å². The van der Waals surface area contributed by atoms with Gasteiger partial charge in [-0.15, -0.1) is 0 Å². The van der Waals surface area contributed by atoms with Crippen LogP contribution in [-0.4, -0.2) is 45.4 Å². The van der Waals surface area contributed by atoms with Crippen LogP contribution in [0.1, 0.15) is 54.6 Å². The number of carbonyl (C=O) groups is 3. The molecule has 4 rings (SSSR count). The van der Waals surface area contributed by atoms with E-state index >= 15 is 0 Å². The fourth-order valence-corrected chi connectivity index (χ4v) is 4.75. The van der Waals surface area contributed by atoms with Crippen LogP contribution >= 0.6 is 0 Å². The molecule has 0 bridgehead atoms. The number of hydrogen-bond acceptors (Lipinski definition) is 4. The molecule has 0 saturated carbocycles. The van der Waals surface area contributed by atoms with Crippen molar-refractivity contribution in [1.82, 2.24) is 9.47 Å². The van der Waals surface area contributed by atoms with Gasteiger partial charge in [0.1, 0.15) is 0 Å². The molecule has 35 heavy (non-hydrogen) atoms. The van der Waals surface area contributed by atoms with Crippen LogP contribution in [0.4, 0.5) is 5.69 Å². The van der Waals surface area contributed by atoms with Gasteiger partial charge < -0.3 is 14.6 Å². The second-order valence-corrected chi connectivity index (χ2v) is 9.77. The highest BCUT2D eigenvalue weighted by molar-refractivity contribution is 6.11. The average molecular weight is 476 g/mol. The lowest BCUT2D eigenvalue weighted by molar-refractivity contribution is -0.137. The summed E-state index contributed by atoms with van der Waals surface area (Å²) < 4.78 is 2.07. The van der Waals surface area contributed by atoms with E-state index in [2.05, 4.69) is 42.8 Å². The maximum absolute atomic E-state index is 13.6. The zero-order valence-electron chi connectivity index (χ0n) is 20.7. The molecular weight excluding hydrogens is 442 g/mol. The molecule has 0 saturated heterocycles. The number of carboxylic acids is 1. The molecule has 0 atom stereocenters. The summed E-state index contributed by atoms with van der Waals surface area (Å²) in [5, 5.41) is 10.1. The zero-order chi connectivity index (χ0) is 25.1. The first kappa shape index (κ1) is 24.5. The minimum Gasteiger partial charge on any atom is -0.481 e. The Hall–Kier alpha value is -3.61. The number of aliphatic carboxylic acids is 1. The molecule has 0 spiro atoms. The van der Waals surface area contributed by atoms with Gasteiger partial charge in [-0.2, -0.15) is 0 Å². The zero-order valence-corrected chi connectivity index (χ0v) is 20.7. The van der Waals surface area contributed by atoms with Crippen molar-refractivity contribution in [2.24, 2.45) is 13.0 Å². The molecule has 2 aromatic carbocycles. The third-order valence-corrected chi connectivity index (χ3v) is 6.63. The lowest BCUT2D eigenvalue weighted by atomic mass is 9.99. The SMILES string of the molecule is CC(C)CCc1ccc2c(c1)C(=O)N(CCCC(=O)O)C(=O)CN2Cc1cn(C)c2ccccc12. The number of aryl methyl sites for hydroxylation is 2. The number of amides is 2. The van der Waals surface area contributed by atoms with Crippen LogP contribution in [0.5, 0.6) is 0 Å². The van der Waals surface area contributed by atoms with Gasteiger partial charge in [0.25, 0.3) is 5.91 Å². The van der Waals surface area contributed by atoms with Gasteiger partial charge in [0.2, 0.25) is 5.91 Å². The highest BCUT2D eigenvalue weighted by Gasteiger charge is 2.32. The highest BCUT2D eigenvalue weighted by Crippen LogP contribution is 2.31. The minimum atomic E-state index is -0.936. The summed E-state index contributed by atoms with van der Waals surface area (Å²) in [7, 11) is 2.00. The molecular formula is C28H33N3O4.